The normalized spacial score (nSPS) is 22.6. The molecule has 0 bridgehead atoms. The Morgan fingerprint density at radius 3 is 2.15 bits per heavy atom. The first kappa shape index (κ1) is 36.2. The molecule has 21 nitrogen and oxygen atoms in total. The van der Waals surface area contributed by atoms with E-state index < -0.39 is 24.5 Å². The van der Waals surface area contributed by atoms with Gasteiger partial charge in [-0.25, -0.2) is 19.9 Å². The van der Waals surface area contributed by atoms with Gasteiger partial charge in [0.1, 0.15) is 18.0 Å². The molecular weight excluding hydrogens is 708 g/mol. The molecule has 7 heterocycles. The molecule has 0 aromatic carbocycles. The molecule has 6 N–H and O–H groups in total. The van der Waals surface area contributed by atoms with Crippen LogP contribution < -0.4 is 21.3 Å². The molecule has 0 radical (unpaired) electrons. The molecular formula is C34H46N18O3. The van der Waals surface area contributed by atoms with Gasteiger partial charge in [0, 0.05) is 70.7 Å². The van der Waals surface area contributed by atoms with E-state index in [1.54, 1.807) is 29.7 Å². The summed E-state index contributed by atoms with van der Waals surface area (Å²) in [6.07, 6.45) is 11.3. The molecule has 8 rings (SSSR count). The third-order valence-electron chi connectivity index (χ3n) is 9.86. The largest absolute Gasteiger partial charge is 0.387 e. The van der Waals surface area contributed by atoms with Crippen LogP contribution in [-0.2, 0) is 38.2 Å². The monoisotopic (exact) mass is 754 g/mol. The number of nitrogens with one attached hydrogen (secondary N) is 4. The summed E-state index contributed by atoms with van der Waals surface area (Å²) in [5, 5.41) is 48.3. The minimum Gasteiger partial charge on any atom is -0.387 e. The fraction of sp³-hybridized carbons (Fsp3) is 0.529. The summed E-state index contributed by atoms with van der Waals surface area (Å²) in [6.45, 7) is 3.61. The molecule has 1 saturated heterocycles. The van der Waals surface area contributed by atoms with Gasteiger partial charge in [-0.15, -0.1) is 10.2 Å². The first-order valence-electron chi connectivity index (χ1n) is 18.6. The molecule has 1 aliphatic heterocycles. The number of rotatable bonds is 15. The number of imidazole rings is 3. The second-order valence-corrected chi connectivity index (χ2v) is 14.0. The highest BCUT2D eigenvalue weighted by Gasteiger charge is 2.47. The van der Waals surface area contributed by atoms with Crippen LogP contribution in [0.3, 0.4) is 0 Å². The molecule has 1 aliphatic carbocycles. The Morgan fingerprint density at radius 2 is 1.49 bits per heavy atom. The Hall–Kier alpha value is -5.80. The smallest absolute Gasteiger partial charge is 0.226 e. The highest BCUT2D eigenvalue weighted by atomic mass is 16.6. The lowest BCUT2D eigenvalue weighted by molar-refractivity contribution is -0.0384. The maximum atomic E-state index is 11.2. The number of ether oxygens (including phenoxy) is 1. The quantitative estimate of drug-likeness (QED) is 0.0863. The SMILES string of the molecule is CCn1nnc([C@H]2O[C@@H](n3cnc4c(NC5CCC(Nc6ccnc(NCCc7cn(C)cn7)n6)CC5)nc(NCCc5cn(C)cn5)nc43)[C@H](O)[C@@H]2O)n1. The third kappa shape index (κ3) is 8.17. The zero-order valence-electron chi connectivity index (χ0n) is 30.9. The van der Waals surface area contributed by atoms with Gasteiger partial charge >= 0.3 is 0 Å². The summed E-state index contributed by atoms with van der Waals surface area (Å²) in [6, 6.07) is 2.27. The number of nitrogens with zero attached hydrogens (tertiary/aromatic N) is 14. The number of hydrogen-bond acceptors (Lipinski definition) is 17. The number of tetrazole rings is 1. The minimum absolute atomic E-state index is 0.128. The number of aryl methyl sites for hydroxylation is 3. The van der Waals surface area contributed by atoms with Crippen molar-refractivity contribution in [2.75, 3.05) is 34.4 Å². The lowest BCUT2D eigenvalue weighted by Gasteiger charge is -2.30. The maximum Gasteiger partial charge on any atom is 0.226 e. The van der Waals surface area contributed by atoms with E-state index in [0.717, 1.165) is 49.3 Å². The van der Waals surface area contributed by atoms with Crippen LogP contribution in [0.1, 0.15) is 62.2 Å². The van der Waals surface area contributed by atoms with Crippen molar-refractivity contribution in [3.8, 4) is 0 Å². The topological polar surface area (TPSA) is 246 Å². The summed E-state index contributed by atoms with van der Waals surface area (Å²) in [4.78, 5) is 33.6. The van der Waals surface area contributed by atoms with Crippen LogP contribution in [0.2, 0.25) is 0 Å². The molecule has 55 heavy (non-hydrogen) atoms. The van der Waals surface area contributed by atoms with Gasteiger partial charge in [-0.05, 0) is 43.9 Å². The molecule has 0 unspecified atom stereocenters. The van der Waals surface area contributed by atoms with Gasteiger partial charge in [0.25, 0.3) is 0 Å². The van der Waals surface area contributed by atoms with Crippen molar-refractivity contribution < 1.29 is 14.9 Å². The standard InChI is InChI=1S/C34H46N18O3/c1-4-52-47-30(46-48-52)28-26(53)27(54)32(55-28)51-19-40-25-29(44-34(45-31(25)51)37-13-10-23-16-50(3)18-39-23)42-21-7-5-20(6-8-21)41-24-11-14-36-33(43-24)35-12-9-22-15-49(2)17-38-22/h11,14-21,26-28,32,53-54H,4-10,12-13H2,1-3H3,(H2,35,36,41,43)(H2,37,42,44,45)/t20?,21?,26-,27+,28-,32+/m0/s1. The van der Waals surface area contributed by atoms with E-state index in [9.17, 15) is 10.2 Å². The van der Waals surface area contributed by atoms with Crippen LogP contribution in [0.4, 0.5) is 23.5 Å². The van der Waals surface area contributed by atoms with Crippen LogP contribution in [0.5, 0.6) is 0 Å². The summed E-state index contributed by atoms with van der Waals surface area (Å²) in [7, 11) is 3.89. The molecule has 2 fully saturated rings. The van der Waals surface area contributed by atoms with Crippen molar-refractivity contribution in [2.45, 2.75) is 88.6 Å². The van der Waals surface area contributed by atoms with E-state index in [4.69, 9.17) is 14.7 Å². The number of aromatic nitrogens is 14. The van der Waals surface area contributed by atoms with E-state index in [1.165, 1.54) is 4.80 Å². The predicted molar refractivity (Wildman–Crippen MR) is 200 cm³/mol. The van der Waals surface area contributed by atoms with Crippen molar-refractivity contribution in [1.29, 1.82) is 0 Å². The van der Waals surface area contributed by atoms with Crippen LogP contribution in [0.15, 0.2) is 43.6 Å². The number of anilines is 4. The van der Waals surface area contributed by atoms with Gasteiger partial charge in [0.15, 0.2) is 29.3 Å². The summed E-state index contributed by atoms with van der Waals surface area (Å²) in [5.74, 6) is 2.50. The van der Waals surface area contributed by atoms with Gasteiger partial charge in [-0.2, -0.15) is 19.7 Å². The molecule has 0 amide bonds. The van der Waals surface area contributed by atoms with Crippen LogP contribution >= 0.6 is 0 Å². The summed E-state index contributed by atoms with van der Waals surface area (Å²) in [5.41, 5.74) is 2.91. The summed E-state index contributed by atoms with van der Waals surface area (Å²) >= 11 is 0. The lowest BCUT2D eigenvalue weighted by atomic mass is 9.91. The number of fused-ring (bicyclic) bond motifs is 1. The van der Waals surface area contributed by atoms with Crippen molar-refractivity contribution >= 4 is 34.7 Å². The van der Waals surface area contributed by atoms with E-state index in [1.807, 2.05) is 48.6 Å². The zero-order valence-corrected chi connectivity index (χ0v) is 30.9. The van der Waals surface area contributed by atoms with Crippen molar-refractivity contribution in [3.63, 3.8) is 0 Å². The Bertz CT molecular complexity index is 2190. The average molecular weight is 755 g/mol. The third-order valence-corrected chi connectivity index (χ3v) is 9.86. The Labute approximate surface area is 316 Å². The molecule has 6 aromatic heterocycles. The zero-order chi connectivity index (χ0) is 37.9. The first-order chi connectivity index (χ1) is 26.8. The fourth-order valence-corrected chi connectivity index (χ4v) is 6.99. The van der Waals surface area contributed by atoms with E-state index in [0.29, 0.717) is 54.9 Å². The molecule has 21 heteroatoms. The van der Waals surface area contributed by atoms with Gasteiger partial charge in [-0.3, -0.25) is 4.57 Å². The van der Waals surface area contributed by atoms with Gasteiger partial charge in [-0.1, -0.05) is 0 Å². The van der Waals surface area contributed by atoms with Gasteiger partial charge < -0.3 is 45.4 Å². The molecule has 290 valence electrons. The van der Waals surface area contributed by atoms with Crippen LogP contribution in [0, 0.1) is 0 Å². The number of aliphatic hydroxyl groups is 2. The highest BCUT2D eigenvalue weighted by Crippen LogP contribution is 2.39. The molecule has 1 saturated carbocycles. The Balaban J connectivity index is 0.944. The fourth-order valence-electron chi connectivity index (χ4n) is 6.99. The van der Waals surface area contributed by atoms with E-state index in [2.05, 4.69) is 61.6 Å². The van der Waals surface area contributed by atoms with E-state index >= 15 is 0 Å². The molecule has 2 aliphatic rings. The van der Waals surface area contributed by atoms with Gasteiger partial charge in [0.05, 0.1) is 36.9 Å². The minimum atomic E-state index is -1.31. The second-order valence-electron chi connectivity index (χ2n) is 14.0. The van der Waals surface area contributed by atoms with Crippen molar-refractivity contribution in [2.24, 2.45) is 14.1 Å². The number of aliphatic hydroxyl groups excluding tert-OH is 2. The Morgan fingerprint density at radius 1 is 0.800 bits per heavy atom. The Kier molecular flexibility index (Phi) is 10.5. The van der Waals surface area contributed by atoms with E-state index in [-0.39, 0.29) is 17.9 Å². The van der Waals surface area contributed by atoms with Crippen molar-refractivity contribution in [3.05, 3.63) is 60.9 Å². The van der Waals surface area contributed by atoms with Crippen LogP contribution in [0.25, 0.3) is 11.2 Å². The van der Waals surface area contributed by atoms with Gasteiger partial charge in [0.2, 0.25) is 17.7 Å². The average Bonchev–Trinajstić information content (AvgIpc) is 4.03. The first-order valence-corrected chi connectivity index (χ1v) is 18.6. The lowest BCUT2D eigenvalue weighted by Crippen LogP contribution is -2.33. The number of hydrogen-bond donors (Lipinski definition) is 6. The molecule has 4 atom stereocenters. The van der Waals surface area contributed by atoms with Crippen molar-refractivity contribution in [1.82, 2.24) is 68.8 Å². The predicted octanol–water partition coefficient (Wildman–Crippen LogP) is 1.23. The molecule has 6 aromatic rings. The van der Waals surface area contributed by atoms with Crippen LogP contribution in [-0.4, -0.2) is 116 Å². The second kappa shape index (κ2) is 15.9. The maximum absolute atomic E-state index is 11.2. The molecule has 0 spiro atoms. The summed E-state index contributed by atoms with van der Waals surface area (Å²) < 4.78 is 11.6. The highest BCUT2D eigenvalue weighted by molar-refractivity contribution is 5.84.